The van der Waals surface area contributed by atoms with Gasteiger partial charge in [-0.05, 0) is 25.2 Å². The number of anilines is 2. The third kappa shape index (κ3) is 5.35. The zero-order valence-corrected chi connectivity index (χ0v) is 13.7. The molecule has 0 aliphatic carbocycles. The van der Waals surface area contributed by atoms with E-state index < -0.39 is 0 Å². The molecule has 0 amide bonds. The topological polar surface area (TPSA) is 49.8 Å². The molecule has 4 heteroatoms. The van der Waals surface area contributed by atoms with Gasteiger partial charge in [-0.3, -0.25) is 0 Å². The second kappa shape index (κ2) is 8.77. The number of nitrogens with zero attached hydrogens (tertiary/aromatic N) is 2. The van der Waals surface area contributed by atoms with Crippen LogP contribution in [0.15, 0.2) is 6.33 Å². The zero-order valence-electron chi connectivity index (χ0n) is 13.7. The van der Waals surface area contributed by atoms with Gasteiger partial charge < -0.3 is 10.6 Å². The van der Waals surface area contributed by atoms with Crippen molar-refractivity contribution in [3.05, 3.63) is 11.9 Å². The molecule has 0 aliphatic rings. The summed E-state index contributed by atoms with van der Waals surface area (Å²) in [4.78, 5) is 8.77. The van der Waals surface area contributed by atoms with Crippen LogP contribution < -0.4 is 10.6 Å². The Labute approximate surface area is 123 Å². The van der Waals surface area contributed by atoms with Gasteiger partial charge in [-0.25, -0.2) is 9.97 Å². The SMILES string of the molecule is CCNc1ncnc(NCCCCC(C)C)c1C(C)C. The third-order valence-electron chi connectivity index (χ3n) is 3.31. The molecule has 0 radical (unpaired) electrons. The molecule has 0 spiro atoms. The monoisotopic (exact) mass is 278 g/mol. The predicted octanol–water partition coefficient (Wildman–Crippen LogP) is 4.27. The van der Waals surface area contributed by atoms with E-state index in [9.17, 15) is 0 Å². The molecule has 1 rings (SSSR count). The molecule has 0 saturated carbocycles. The average molecular weight is 278 g/mol. The summed E-state index contributed by atoms with van der Waals surface area (Å²) in [5.74, 6) is 3.14. The Morgan fingerprint density at radius 3 is 2.20 bits per heavy atom. The largest absolute Gasteiger partial charge is 0.370 e. The molecule has 0 aliphatic heterocycles. The van der Waals surface area contributed by atoms with Crippen LogP contribution in [-0.4, -0.2) is 23.1 Å². The van der Waals surface area contributed by atoms with E-state index in [2.05, 4.69) is 55.2 Å². The number of hydrogen-bond donors (Lipinski definition) is 2. The molecule has 114 valence electrons. The maximum Gasteiger partial charge on any atom is 0.134 e. The molecule has 1 aromatic rings. The summed E-state index contributed by atoms with van der Waals surface area (Å²) < 4.78 is 0. The van der Waals surface area contributed by atoms with Crippen LogP contribution in [0.25, 0.3) is 0 Å². The smallest absolute Gasteiger partial charge is 0.134 e. The molecule has 1 heterocycles. The van der Waals surface area contributed by atoms with Gasteiger partial charge >= 0.3 is 0 Å². The van der Waals surface area contributed by atoms with Crippen molar-refractivity contribution in [1.29, 1.82) is 0 Å². The van der Waals surface area contributed by atoms with Crippen molar-refractivity contribution in [2.75, 3.05) is 23.7 Å². The standard InChI is InChI=1S/C16H30N4/c1-6-17-15-14(13(4)5)16(20-11-19-15)18-10-8-7-9-12(2)3/h11-13H,6-10H2,1-5H3,(H2,17,18,19,20). The van der Waals surface area contributed by atoms with Crippen molar-refractivity contribution in [2.24, 2.45) is 5.92 Å². The van der Waals surface area contributed by atoms with E-state index in [1.807, 2.05) is 0 Å². The summed E-state index contributed by atoms with van der Waals surface area (Å²) in [6.07, 6.45) is 5.40. The van der Waals surface area contributed by atoms with Crippen LogP contribution in [0.2, 0.25) is 0 Å². The Balaban J connectivity index is 2.62. The lowest BCUT2D eigenvalue weighted by Gasteiger charge is -2.17. The van der Waals surface area contributed by atoms with Crippen LogP contribution in [0.5, 0.6) is 0 Å². The minimum Gasteiger partial charge on any atom is -0.370 e. The molecule has 20 heavy (non-hydrogen) atoms. The van der Waals surface area contributed by atoms with Gasteiger partial charge in [-0.2, -0.15) is 0 Å². The van der Waals surface area contributed by atoms with Crippen molar-refractivity contribution in [3.8, 4) is 0 Å². The van der Waals surface area contributed by atoms with Crippen LogP contribution in [0, 0.1) is 5.92 Å². The summed E-state index contributed by atoms with van der Waals surface area (Å²) in [5.41, 5.74) is 1.19. The van der Waals surface area contributed by atoms with E-state index in [0.717, 1.165) is 30.6 Å². The number of unbranched alkanes of at least 4 members (excludes halogenated alkanes) is 1. The summed E-state index contributed by atoms with van der Waals surface area (Å²) in [5, 5.41) is 6.80. The van der Waals surface area contributed by atoms with E-state index in [4.69, 9.17) is 0 Å². The highest BCUT2D eigenvalue weighted by molar-refractivity contribution is 5.58. The van der Waals surface area contributed by atoms with Gasteiger partial charge in [0, 0.05) is 18.7 Å². The van der Waals surface area contributed by atoms with E-state index in [-0.39, 0.29) is 0 Å². The Morgan fingerprint density at radius 2 is 1.65 bits per heavy atom. The molecule has 1 aromatic heterocycles. The minimum absolute atomic E-state index is 0.406. The highest BCUT2D eigenvalue weighted by atomic mass is 15.1. The fraction of sp³-hybridized carbons (Fsp3) is 0.750. The molecule has 0 aromatic carbocycles. The Hall–Kier alpha value is -1.32. The second-order valence-corrected chi connectivity index (χ2v) is 5.99. The van der Waals surface area contributed by atoms with Crippen LogP contribution in [0.3, 0.4) is 0 Å². The number of nitrogens with one attached hydrogen (secondary N) is 2. The van der Waals surface area contributed by atoms with Gasteiger partial charge in [0.1, 0.15) is 18.0 Å². The van der Waals surface area contributed by atoms with Crippen molar-refractivity contribution in [1.82, 2.24) is 9.97 Å². The molecule has 0 atom stereocenters. The molecule has 0 saturated heterocycles. The summed E-state index contributed by atoms with van der Waals surface area (Å²) in [6.45, 7) is 12.9. The van der Waals surface area contributed by atoms with Crippen LogP contribution >= 0.6 is 0 Å². The van der Waals surface area contributed by atoms with Crippen LogP contribution in [-0.2, 0) is 0 Å². The Bertz CT molecular complexity index is 388. The maximum absolute atomic E-state index is 4.41. The predicted molar refractivity (Wildman–Crippen MR) is 87.5 cm³/mol. The zero-order chi connectivity index (χ0) is 15.0. The first-order chi connectivity index (χ1) is 9.56. The summed E-state index contributed by atoms with van der Waals surface area (Å²) >= 11 is 0. The van der Waals surface area contributed by atoms with E-state index in [1.165, 1.54) is 24.8 Å². The number of hydrogen-bond acceptors (Lipinski definition) is 4. The third-order valence-corrected chi connectivity index (χ3v) is 3.31. The first kappa shape index (κ1) is 16.7. The van der Waals surface area contributed by atoms with E-state index >= 15 is 0 Å². The maximum atomic E-state index is 4.41. The molecule has 4 nitrogen and oxygen atoms in total. The first-order valence-electron chi connectivity index (χ1n) is 7.88. The highest BCUT2D eigenvalue weighted by Gasteiger charge is 2.14. The lowest BCUT2D eigenvalue weighted by Crippen LogP contribution is -2.12. The molecule has 0 fully saturated rings. The number of rotatable bonds is 9. The van der Waals surface area contributed by atoms with Crippen molar-refractivity contribution >= 4 is 11.6 Å². The van der Waals surface area contributed by atoms with Crippen molar-refractivity contribution in [2.45, 2.75) is 59.8 Å². The van der Waals surface area contributed by atoms with Crippen molar-refractivity contribution in [3.63, 3.8) is 0 Å². The molecule has 2 N–H and O–H groups in total. The van der Waals surface area contributed by atoms with Crippen molar-refractivity contribution < 1.29 is 0 Å². The van der Waals surface area contributed by atoms with Gasteiger partial charge in [0.15, 0.2) is 0 Å². The highest BCUT2D eigenvalue weighted by Crippen LogP contribution is 2.28. The average Bonchev–Trinajstić information content (AvgIpc) is 2.38. The Morgan fingerprint density at radius 1 is 1.00 bits per heavy atom. The fourth-order valence-corrected chi connectivity index (χ4v) is 2.28. The van der Waals surface area contributed by atoms with Gasteiger partial charge in [0.2, 0.25) is 0 Å². The number of aromatic nitrogens is 2. The van der Waals surface area contributed by atoms with Gasteiger partial charge in [0.05, 0.1) is 0 Å². The van der Waals surface area contributed by atoms with Gasteiger partial charge in [-0.1, -0.05) is 40.5 Å². The summed E-state index contributed by atoms with van der Waals surface area (Å²) in [6, 6.07) is 0. The first-order valence-corrected chi connectivity index (χ1v) is 7.88. The lowest BCUT2D eigenvalue weighted by molar-refractivity contribution is 0.544. The molecule has 0 bridgehead atoms. The van der Waals surface area contributed by atoms with Crippen LogP contribution in [0.1, 0.15) is 65.4 Å². The molecule has 0 unspecified atom stereocenters. The van der Waals surface area contributed by atoms with E-state index in [1.54, 1.807) is 6.33 Å². The normalized spacial score (nSPS) is 11.2. The molecular weight excluding hydrogens is 248 g/mol. The van der Waals surface area contributed by atoms with Gasteiger partial charge in [0.25, 0.3) is 0 Å². The fourth-order valence-electron chi connectivity index (χ4n) is 2.28. The van der Waals surface area contributed by atoms with E-state index in [0.29, 0.717) is 5.92 Å². The Kier molecular flexibility index (Phi) is 7.34. The van der Waals surface area contributed by atoms with Crippen LogP contribution in [0.4, 0.5) is 11.6 Å². The quantitative estimate of drug-likeness (QED) is 0.662. The summed E-state index contributed by atoms with van der Waals surface area (Å²) in [7, 11) is 0. The second-order valence-electron chi connectivity index (χ2n) is 5.99. The van der Waals surface area contributed by atoms with Gasteiger partial charge in [-0.15, -0.1) is 0 Å². The lowest BCUT2D eigenvalue weighted by atomic mass is 10.0. The minimum atomic E-state index is 0.406. The molecular formula is C16H30N4.